The highest BCUT2D eigenvalue weighted by Gasteiger charge is 2.24. The van der Waals surface area contributed by atoms with Crippen molar-refractivity contribution >= 4 is 22.7 Å². The molecular weight excluding hydrogens is 430 g/mol. The molecule has 1 amide bonds. The van der Waals surface area contributed by atoms with E-state index in [9.17, 15) is 19.2 Å². The summed E-state index contributed by atoms with van der Waals surface area (Å²) < 4.78 is 10.9. The van der Waals surface area contributed by atoms with Crippen LogP contribution in [0, 0.1) is 6.92 Å². The number of benzene rings is 2. The van der Waals surface area contributed by atoms with Crippen molar-refractivity contribution < 1.29 is 13.7 Å². The molecule has 0 aliphatic heterocycles. The van der Waals surface area contributed by atoms with Crippen LogP contribution in [0.1, 0.15) is 16.1 Å². The SMILES string of the molecule is Cc1oc2[nH]c(=O)n(-c3ccccc3)c(=O)c2c1C(=O)Nc1ccc(-c2noc(=O)[nH]2)cc1. The zero-order chi connectivity index (χ0) is 23.1. The standard InChI is InChI=1S/C22H15N5O6/c1-11-15(18(28)23-13-9-7-12(8-10-13)17-24-22(31)33-26-17)16-19(32-11)25-21(30)27(20(16)29)14-5-3-2-4-6-14/h2-10H,1H3,(H,23,28)(H,25,30)(H,24,26,31). The number of H-pyrrole nitrogens is 2. The van der Waals surface area contributed by atoms with Crippen LogP contribution in [0.5, 0.6) is 0 Å². The topological polar surface area (TPSA) is 156 Å². The third kappa shape index (κ3) is 3.47. The van der Waals surface area contributed by atoms with E-state index in [0.29, 0.717) is 16.9 Å². The first kappa shape index (κ1) is 20.0. The van der Waals surface area contributed by atoms with E-state index in [0.717, 1.165) is 4.57 Å². The second-order valence-corrected chi connectivity index (χ2v) is 7.12. The maximum atomic E-state index is 13.2. The van der Waals surface area contributed by atoms with Crippen molar-refractivity contribution in [2.45, 2.75) is 6.92 Å². The number of rotatable bonds is 4. The predicted octanol–water partition coefficient (Wildman–Crippen LogP) is 2.18. The lowest BCUT2D eigenvalue weighted by Crippen LogP contribution is -2.34. The molecule has 2 aromatic carbocycles. The summed E-state index contributed by atoms with van der Waals surface area (Å²) in [5.74, 6) is -0.834. The van der Waals surface area contributed by atoms with Crippen molar-refractivity contribution in [2.75, 3.05) is 5.32 Å². The number of carbonyl (C=O) groups excluding carboxylic acids is 1. The lowest BCUT2D eigenvalue weighted by Gasteiger charge is -2.07. The van der Waals surface area contributed by atoms with E-state index in [1.54, 1.807) is 54.6 Å². The Morgan fingerprint density at radius 1 is 1.00 bits per heavy atom. The van der Waals surface area contributed by atoms with Crippen LogP contribution >= 0.6 is 0 Å². The number of hydrogen-bond acceptors (Lipinski definition) is 7. The highest BCUT2D eigenvalue weighted by Crippen LogP contribution is 2.23. The van der Waals surface area contributed by atoms with Gasteiger partial charge in [0, 0.05) is 11.3 Å². The van der Waals surface area contributed by atoms with Crippen LogP contribution in [0.3, 0.4) is 0 Å². The van der Waals surface area contributed by atoms with E-state index < -0.39 is 22.9 Å². The zero-order valence-corrected chi connectivity index (χ0v) is 17.0. The zero-order valence-electron chi connectivity index (χ0n) is 17.0. The third-order valence-electron chi connectivity index (χ3n) is 5.02. The van der Waals surface area contributed by atoms with E-state index in [1.807, 2.05) is 0 Å². The maximum Gasteiger partial charge on any atom is 0.439 e. The van der Waals surface area contributed by atoms with Gasteiger partial charge in [-0.1, -0.05) is 23.4 Å². The van der Waals surface area contributed by atoms with Gasteiger partial charge >= 0.3 is 11.4 Å². The van der Waals surface area contributed by atoms with Crippen LogP contribution in [0.4, 0.5) is 5.69 Å². The highest BCUT2D eigenvalue weighted by molar-refractivity contribution is 6.12. The van der Waals surface area contributed by atoms with Crippen LogP contribution in [-0.4, -0.2) is 25.6 Å². The molecule has 0 radical (unpaired) electrons. The fraction of sp³-hybridized carbons (Fsp3) is 0.0455. The first-order valence-electron chi connectivity index (χ1n) is 9.74. The summed E-state index contributed by atoms with van der Waals surface area (Å²) in [5, 5.41) is 6.27. The first-order valence-corrected chi connectivity index (χ1v) is 9.74. The van der Waals surface area contributed by atoms with Gasteiger partial charge in [0.15, 0.2) is 5.82 Å². The van der Waals surface area contributed by atoms with E-state index in [2.05, 4.69) is 25.0 Å². The van der Waals surface area contributed by atoms with Gasteiger partial charge in [0.05, 0.1) is 11.3 Å². The summed E-state index contributed by atoms with van der Waals surface area (Å²) in [6.07, 6.45) is 0. The van der Waals surface area contributed by atoms with Crippen LogP contribution < -0.4 is 22.3 Å². The van der Waals surface area contributed by atoms with Gasteiger partial charge in [-0.3, -0.25) is 24.1 Å². The third-order valence-corrected chi connectivity index (χ3v) is 5.02. The molecule has 0 spiro atoms. The number of fused-ring (bicyclic) bond motifs is 1. The van der Waals surface area contributed by atoms with E-state index in [1.165, 1.54) is 6.92 Å². The molecule has 0 aliphatic rings. The minimum atomic E-state index is -0.680. The van der Waals surface area contributed by atoms with Crippen LogP contribution in [0.25, 0.3) is 28.2 Å². The average Bonchev–Trinajstić information content (AvgIpc) is 3.37. The number of nitrogens with zero attached hydrogens (tertiary/aromatic N) is 2. The number of aromatic nitrogens is 4. The van der Waals surface area contributed by atoms with Crippen LogP contribution in [-0.2, 0) is 0 Å². The van der Waals surface area contributed by atoms with Crippen molar-refractivity contribution in [1.29, 1.82) is 0 Å². The molecule has 0 aliphatic carbocycles. The minimum Gasteiger partial charge on any atom is -0.444 e. The van der Waals surface area contributed by atoms with Crippen molar-refractivity contribution in [3.63, 3.8) is 0 Å². The Hall–Kier alpha value is -4.93. The van der Waals surface area contributed by atoms with Crippen molar-refractivity contribution in [2.24, 2.45) is 0 Å². The molecule has 0 bridgehead atoms. The molecule has 11 nitrogen and oxygen atoms in total. The lowest BCUT2D eigenvalue weighted by molar-refractivity contribution is 0.102. The molecule has 0 saturated carbocycles. The smallest absolute Gasteiger partial charge is 0.439 e. The molecule has 3 aromatic heterocycles. The molecule has 164 valence electrons. The molecule has 11 heteroatoms. The quantitative estimate of drug-likeness (QED) is 0.383. The molecule has 0 saturated heterocycles. The van der Waals surface area contributed by atoms with Crippen molar-refractivity contribution in [3.05, 3.63) is 97.3 Å². The molecule has 33 heavy (non-hydrogen) atoms. The second kappa shape index (κ2) is 7.64. The Bertz CT molecular complexity index is 1670. The molecule has 5 aromatic rings. The fourth-order valence-electron chi connectivity index (χ4n) is 3.54. The number of carbonyl (C=O) groups is 1. The number of furan rings is 1. The Kier molecular flexibility index (Phi) is 4.63. The number of aromatic amines is 2. The van der Waals surface area contributed by atoms with E-state index in [-0.39, 0.29) is 28.2 Å². The van der Waals surface area contributed by atoms with E-state index >= 15 is 0 Å². The summed E-state index contributed by atoms with van der Waals surface area (Å²) >= 11 is 0. The van der Waals surface area contributed by atoms with Gasteiger partial charge < -0.3 is 9.73 Å². The molecule has 0 atom stereocenters. The van der Waals surface area contributed by atoms with Gasteiger partial charge in [-0.2, -0.15) is 0 Å². The van der Waals surface area contributed by atoms with Gasteiger partial charge in [-0.05, 0) is 43.3 Å². The average molecular weight is 445 g/mol. The largest absolute Gasteiger partial charge is 0.444 e. The molecular formula is C22H15N5O6. The molecule has 0 unspecified atom stereocenters. The highest BCUT2D eigenvalue weighted by atomic mass is 16.5. The molecule has 3 N–H and O–H groups in total. The normalized spacial score (nSPS) is 11.1. The van der Waals surface area contributed by atoms with Gasteiger partial charge in [-0.15, -0.1) is 0 Å². The number of hydrogen-bond donors (Lipinski definition) is 3. The van der Waals surface area contributed by atoms with Gasteiger partial charge in [0.25, 0.3) is 11.5 Å². The number of para-hydroxylation sites is 1. The summed E-state index contributed by atoms with van der Waals surface area (Å²) in [6, 6.07) is 14.8. The molecule has 0 fully saturated rings. The van der Waals surface area contributed by atoms with Gasteiger partial charge in [-0.25, -0.2) is 14.2 Å². The Labute approximate surface area is 183 Å². The van der Waals surface area contributed by atoms with Crippen molar-refractivity contribution in [3.8, 4) is 17.1 Å². The summed E-state index contributed by atoms with van der Waals surface area (Å²) in [6.45, 7) is 1.53. The first-order chi connectivity index (χ1) is 15.9. The second-order valence-electron chi connectivity index (χ2n) is 7.12. The number of amides is 1. The summed E-state index contributed by atoms with van der Waals surface area (Å²) in [5.41, 5.74) is -0.0557. The van der Waals surface area contributed by atoms with E-state index in [4.69, 9.17) is 4.42 Å². The van der Waals surface area contributed by atoms with Gasteiger partial charge in [0.2, 0.25) is 5.71 Å². The van der Waals surface area contributed by atoms with Crippen LogP contribution in [0.2, 0.25) is 0 Å². The Morgan fingerprint density at radius 3 is 2.39 bits per heavy atom. The lowest BCUT2D eigenvalue weighted by atomic mass is 10.1. The Morgan fingerprint density at radius 2 is 1.73 bits per heavy atom. The fourth-order valence-corrected chi connectivity index (χ4v) is 3.54. The summed E-state index contributed by atoms with van der Waals surface area (Å²) in [4.78, 5) is 54.8. The number of anilines is 1. The monoisotopic (exact) mass is 445 g/mol. The maximum absolute atomic E-state index is 13.2. The number of aryl methyl sites for hydroxylation is 1. The number of nitrogens with one attached hydrogen (secondary N) is 3. The summed E-state index contributed by atoms with van der Waals surface area (Å²) in [7, 11) is 0. The Balaban J connectivity index is 1.54. The minimum absolute atomic E-state index is 0.0147. The van der Waals surface area contributed by atoms with Gasteiger partial charge in [0.1, 0.15) is 11.1 Å². The molecule has 3 heterocycles. The predicted molar refractivity (Wildman–Crippen MR) is 118 cm³/mol. The van der Waals surface area contributed by atoms with Crippen LogP contribution in [0.15, 0.2) is 77.9 Å². The molecule has 5 rings (SSSR count). The van der Waals surface area contributed by atoms with Crippen molar-refractivity contribution in [1.82, 2.24) is 19.7 Å².